The zero-order valence-corrected chi connectivity index (χ0v) is 12.0. The number of amides is 3. The molecule has 1 aliphatic carbocycles. The molecule has 0 spiro atoms. The number of carbonyl (C=O) groups excluding carboxylic acids is 2. The Hall–Kier alpha value is -1.79. The molecule has 0 heterocycles. The summed E-state index contributed by atoms with van der Waals surface area (Å²) in [5.74, 6) is -1.22. The van der Waals surface area contributed by atoms with Gasteiger partial charge in [-0.05, 0) is 31.6 Å². The molecule has 0 bridgehead atoms. The van der Waals surface area contributed by atoms with E-state index in [4.69, 9.17) is 10.8 Å². The summed E-state index contributed by atoms with van der Waals surface area (Å²) in [5, 5.41) is 8.81. The molecule has 0 aromatic carbocycles. The number of hydrogen-bond acceptors (Lipinski definition) is 3. The second-order valence-electron chi connectivity index (χ2n) is 5.52. The fourth-order valence-corrected chi connectivity index (χ4v) is 2.55. The van der Waals surface area contributed by atoms with Gasteiger partial charge in [-0.15, -0.1) is 0 Å². The summed E-state index contributed by atoms with van der Waals surface area (Å²) in [5.41, 5.74) is 5.06. The molecule has 20 heavy (non-hydrogen) atoms. The predicted molar refractivity (Wildman–Crippen MR) is 73.0 cm³/mol. The Balaban J connectivity index is 2.67. The van der Waals surface area contributed by atoms with Crippen LogP contribution in [0.4, 0.5) is 4.79 Å². The third kappa shape index (κ3) is 4.71. The van der Waals surface area contributed by atoms with E-state index < -0.39 is 24.5 Å². The molecule has 0 aromatic rings. The maximum atomic E-state index is 12.3. The first-order valence-electron chi connectivity index (χ1n) is 6.83. The van der Waals surface area contributed by atoms with Crippen molar-refractivity contribution in [3.05, 3.63) is 0 Å². The van der Waals surface area contributed by atoms with E-state index in [1.165, 1.54) is 4.90 Å². The lowest BCUT2D eigenvalue weighted by Gasteiger charge is -2.36. The molecule has 1 fully saturated rings. The monoisotopic (exact) mass is 285 g/mol. The summed E-state index contributed by atoms with van der Waals surface area (Å²) in [4.78, 5) is 36.5. The Morgan fingerprint density at radius 3 is 2.15 bits per heavy atom. The molecule has 0 radical (unpaired) electrons. The number of carboxylic acid groups (broad SMARTS) is 1. The van der Waals surface area contributed by atoms with Crippen LogP contribution in [0.25, 0.3) is 0 Å². The Bertz CT molecular complexity index is 362. The van der Waals surface area contributed by atoms with Crippen LogP contribution in [-0.4, -0.2) is 59.0 Å². The van der Waals surface area contributed by atoms with Gasteiger partial charge < -0.3 is 20.6 Å². The van der Waals surface area contributed by atoms with Gasteiger partial charge in [0.25, 0.3) is 0 Å². The molecule has 0 saturated heterocycles. The van der Waals surface area contributed by atoms with Crippen LogP contribution in [0, 0.1) is 5.92 Å². The third-order valence-electron chi connectivity index (χ3n) is 3.78. The molecule has 3 amide bonds. The van der Waals surface area contributed by atoms with Gasteiger partial charge in [-0.25, -0.2) is 4.79 Å². The number of rotatable bonds is 5. The standard InChI is InChI=1S/C13H23N3O4/c1-9-3-5-10(6-4-9)15(2)13(20)16(7-11(14)17)8-12(18)19/h9-10H,3-8H2,1-2H3,(H2,14,17)(H,18,19). The largest absolute Gasteiger partial charge is 0.480 e. The summed E-state index contributed by atoms with van der Waals surface area (Å²) in [6.07, 6.45) is 3.91. The van der Waals surface area contributed by atoms with Crippen LogP contribution >= 0.6 is 0 Å². The van der Waals surface area contributed by atoms with Gasteiger partial charge in [0.2, 0.25) is 5.91 Å². The van der Waals surface area contributed by atoms with Gasteiger partial charge in [0.05, 0.1) is 0 Å². The minimum Gasteiger partial charge on any atom is -0.480 e. The highest BCUT2D eigenvalue weighted by molar-refractivity contribution is 5.86. The molecule has 7 heteroatoms. The van der Waals surface area contributed by atoms with Crippen LogP contribution in [0.2, 0.25) is 0 Å². The number of carbonyl (C=O) groups is 3. The zero-order chi connectivity index (χ0) is 15.3. The number of carboxylic acids is 1. The molecule has 0 aliphatic heterocycles. The molecular formula is C13H23N3O4. The first kappa shape index (κ1) is 16.3. The summed E-state index contributed by atoms with van der Waals surface area (Å²) in [6, 6.07) is -0.353. The average molecular weight is 285 g/mol. The highest BCUT2D eigenvalue weighted by Gasteiger charge is 2.29. The molecule has 1 rings (SSSR count). The predicted octanol–water partition coefficient (Wildman–Crippen LogP) is 0.489. The fraction of sp³-hybridized carbons (Fsp3) is 0.769. The number of aliphatic carboxylic acids is 1. The van der Waals surface area contributed by atoms with Crippen molar-refractivity contribution in [3.8, 4) is 0 Å². The van der Waals surface area contributed by atoms with Crippen LogP contribution in [0.1, 0.15) is 32.6 Å². The summed E-state index contributed by atoms with van der Waals surface area (Å²) < 4.78 is 0. The summed E-state index contributed by atoms with van der Waals surface area (Å²) in [6.45, 7) is 1.29. The van der Waals surface area contributed by atoms with E-state index in [0.29, 0.717) is 5.92 Å². The van der Waals surface area contributed by atoms with Crippen molar-refractivity contribution in [3.63, 3.8) is 0 Å². The summed E-state index contributed by atoms with van der Waals surface area (Å²) >= 11 is 0. The minimum atomic E-state index is -1.16. The van der Waals surface area contributed by atoms with Crippen LogP contribution < -0.4 is 5.73 Å². The van der Waals surface area contributed by atoms with Crippen LogP contribution in [-0.2, 0) is 9.59 Å². The van der Waals surface area contributed by atoms with Crippen molar-refractivity contribution < 1.29 is 19.5 Å². The Morgan fingerprint density at radius 1 is 1.15 bits per heavy atom. The number of urea groups is 1. The van der Waals surface area contributed by atoms with Gasteiger partial charge >= 0.3 is 12.0 Å². The van der Waals surface area contributed by atoms with Crippen LogP contribution in [0.15, 0.2) is 0 Å². The molecule has 0 unspecified atom stereocenters. The van der Waals surface area contributed by atoms with Crippen molar-refractivity contribution >= 4 is 17.9 Å². The Kier molecular flexibility index (Phi) is 5.79. The van der Waals surface area contributed by atoms with Gasteiger partial charge in [0.15, 0.2) is 0 Å². The number of nitrogens with zero attached hydrogens (tertiary/aromatic N) is 2. The fourth-order valence-electron chi connectivity index (χ4n) is 2.55. The summed E-state index contributed by atoms with van der Waals surface area (Å²) in [7, 11) is 1.65. The second-order valence-corrected chi connectivity index (χ2v) is 5.52. The number of primary amides is 1. The van der Waals surface area contributed by atoms with E-state index in [1.54, 1.807) is 7.05 Å². The molecule has 1 saturated carbocycles. The zero-order valence-electron chi connectivity index (χ0n) is 12.0. The first-order valence-corrected chi connectivity index (χ1v) is 6.83. The van der Waals surface area contributed by atoms with Crippen LogP contribution in [0.3, 0.4) is 0 Å². The molecule has 7 nitrogen and oxygen atoms in total. The van der Waals surface area contributed by atoms with Crippen molar-refractivity contribution in [2.24, 2.45) is 11.7 Å². The molecular weight excluding hydrogens is 262 g/mol. The van der Waals surface area contributed by atoms with Gasteiger partial charge in [-0.3, -0.25) is 9.59 Å². The second kappa shape index (κ2) is 7.12. The van der Waals surface area contributed by atoms with E-state index in [0.717, 1.165) is 30.6 Å². The third-order valence-corrected chi connectivity index (χ3v) is 3.78. The number of hydrogen-bond donors (Lipinski definition) is 2. The quantitative estimate of drug-likeness (QED) is 0.767. The van der Waals surface area contributed by atoms with Crippen LogP contribution in [0.5, 0.6) is 0 Å². The van der Waals surface area contributed by atoms with E-state index >= 15 is 0 Å². The minimum absolute atomic E-state index is 0.0999. The maximum Gasteiger partial charge on any atom is 0.323 e. The smallest absolute Gasteiger partial charge is 0.323 e. The first-order chi connectivity index (χ1) is 9.31. The molecule has 114 valence electrons. The lowest BCUT2D eigenvalue weighted by Crippen LogP contribution is -2.50. The molecule has 0 aromatic heterocycles. The Morgan fingerprint density at radius 2 is 1.70 bits per heavy atom. The topological polar surface area (TPSA) is 104 Å². The average Bonchev–Trinajstić information content (AvgIpc) is 2.36. The van der Waals surface area contributed by atoms with Gasteiger partial charge in [0.1, 0.15) is 13.1 Å². The van der Waals surface area contributed by atoms with Crippen molar-refractivity contribution in [1.29, 1.82) is 0 Å². The van der Waals surface area contributed by atoms with Crippen molar-refractivity contribution in [1.82, 2.24) is 9.80 Å². The van der Waals surface area contributed by atoms with E-state index in [-0.39, 0.29) is 12.6 Å². The molecule has 1 aliphatic rings. The lowest BCUT2D eigenvalue weighted by atomic mass is 9.87. The lowest BCUT2D eigenvalue weighted by molar-refractivity contribution is -0.138. The van der Waals surface area contributed by atoms with Gasteiger partial charge in [-0.2, -0.15) is 0 Å². The van der Waals surface area contributed by atoms with Gasteiger partial charge in [-0.1, -0.05) is 6.92 Å². The van der Waals surface area contributed by atoms with Crippen molar-refractivity contribution in [2.45, 2.75) is 38.6 Å². The maximum absolute atomic E-state index is 12.3. The highest BCUT2D eigenvalue weighted by Crippen LogP contribution is 2.26. The molecule has 3 N–H and O–H groups in total. The van der Waals surface area contributed by atoms with Gasteiger partial charge in [0, 0.05) is 13.1 Å². The van der Waals surface area contributed by atoms with Crippen molar-refractivity contribution in [2.75, 3.05) is 20.1 Å². The highest BCUT2D eigenvalue weighted by atomic mass is 16.4. The normalized spacial score (nSPS) is 22.1. The van der Waals surface area contributed by atoms with E-state index in [9.17, 15) is 14.4 Å². The van der Waals surface area contributed by atoms with E-state index in [1.807, 2.05) is 0 Å². The Labute approximate surface area is 118 Å². The molecule has 0 atom stereocenters. The SMILES string of the molecule is CC1CCC(N(C)C(=O)N(CC(N)=O)CC(=O)O)CC1. The number of nitrogens with two attached hydrogens (primary N) is 1. The van der Waals surface area contributed by atoms with E-state index in [2.05, 4.69) is 6.92 Å².